The second-order valence-corrected chi connectivity index (χ2v) is 7.40. The summed E-state index contributed by atoms with van der Waals surface area (Å²) in [6.07, 6.45) is 1.49. The summed E-state index contributed by atoms with van der Waals surface area (Å²) < 4.78 is 5.82. The second kappa shape index (κ2) is 7.95. The van der Waals surface area contributed by atoms with Crippen molar-refractivity contribution in [2.45, 2.75) is 20.4 Å². The van der Waals surface area contributed by atoms with Crippen LogP contribution in [0.25, 0.3) is 17.4 Å². The third kappa shape index (κ3) is 4.11. The van der Waals surface area contributed by atoms with Gasteiger partial charge in [0.2, 0.25) is 0 Å². The van der Waals surface area contributed by atoms with E-state index in [-0.39, 0.29) is 17.8 Å². The van der Waals surface area contributed by atoms with Crippen LogP contribution in [0.4, 0.5) is 4.79 Å². The van der Waals surface area contributed by atoms with Crippen molar-refractivity contribution in [3.05, 3.63) is 88.3 Å². The maximum Gasteiger partial charge on any atom is 0.335 e. The van der Waals surface area contributed by atoms with E-state index in [1.54, 1.807) is 31.2 Å². The molecule has 1 saturated heterocycles. The number of rotatable bonds is 5. The third-order valence-electron chi connectivity index (χ3n) is 5.08. The van der Waals surface area contributed by atoms with E-state index in [4.69, 9.17) is 9.52 Å². The Labute approximate surface area is 178 Å². The number of urea groups is 1. The Kier molecular flexibility index (Phi) is 5.17. The smallest absolute Gasteiger partial charge is 0.335 e. The Hall–Kier alpha value is -4.13. The number of furan rings is 1. The van der Waals surface area contributed by atoms with Gasteiger partial charge in [0.1, 0.15) is 17.2 Å². The van der Waals surface area contributed by atoms with E-state index in [0.29, 0.717) is 11.5 Å². The molecule has 2 aromatic carbocycles. The summed E-state index contributed by atoms with van der Waals surface area (Å²) in [6, 6.07) is 15.3. The number of amides is 3. The molecule has 2 heterocycles. The van der Waals surface area contributed by atoms with Crippen molar-refractivity contribution in [1.82, 2.24) is 10.2 Å². The van der Waals surface area contributed by atoms with E-state index in [2.05, 4.69) is 5.32 Å². The van der Waals surface area contributed by atoms with Gasteiger partial charge in [0, 0.05) is 11.6 Å². The molecule has 0 unspecified atom stereocenters. The van der Waals surface area contributed by atoms with E-state index in [1.165, 1.54) is 12.1 Å². The standard InChI is InChI=1S/C24H20N2O5/c1-14-3-5-16(6-4-14)13-26-22(27)20(25-24(26)30)12-18-8-10-21(31-18)19-9-7-17(23(28)29)11-15(19)2/h3-12H,13H2,1-2H3,(H,25,30)(H,28,29)/b20-12-. The van der Waals surface area contributed by atoms with Crippen LogP contribution in [0.1, 0.15) is 32.8 Å². The molecule has 0 aliphatic carbocycles. The van der Waals surface area contributed by atoms with E-state index >= 15 is 0 Å². The lowest BCUT2D eigenvalue weighted by Gasteiger charge is -2.11. The molecule has 1 fully saturated rings. The molecule has 3 amide bonds. The molecule has 7 heteroatoms. The summed E-state index contributed by atoms with van der Waals surface area (Å²) in [6.45, 7) is 3.95. The number of nitrogens with one attached hydrogen (secondary N) is 1. The SMILES string of the molecule is Cc1ccc(CN2C(=O)N/C(=C\c3ccc(-c4ccc(C(=O)O)cc4C)o3)C2=O)cc1. The van der Waals surface area contributed by atoms with E-state index < -0.39 is 17.9 Å². The highest BCUT2D eigenvalue weighted by Crippen LogP contribution is 2.28. The number of carboxylic acid groups (broad SMARTS) is 1. The lowest BCUT2D eigenvalue weighted by atomic mass is 10.0. The summed E-state index contributed by atoms with van der Waals surface area (Å²) in [4.78, 5) is 37.2. The van der Waals surface area contributed by atoms with Gasteiger partial charge in [-0.15, -0.1) is 0 Å². The van der Waals surface area contributed by atoms with Crippen LogP contribution in [0, 0.1) is 13.8 Å². The average molecular weight is 416 g/mol. The Bertz CT molecular complexity index is 1220. The molecule has 0 radical (unpaired) electrons. The average Bonchev–Trinajstić information content (AvgIpc) is 3.29. The van der Waals surface area contributed by atoms with Gasteiger partial charge in [-0.1, -0.05) is 35.9 Å². The number of imide groups is 1. The van der Waals surface area contributed by atoms with Crippen molar-refractivity contribution < 1.29 is 23.9 Å². The highest BCUT2D eigenvalue weighted by atomic mass is 16.4. The fourth-order valence-corrected chi connectivity index (χ4v) is 3.38. The normalized spacial score (nSPS) is 14.9. The number of hydrogen-bond acceptors (Lipinski definition) is 4. The van der Waals surface area contributed by atoms with Crippen molar-refractivity contribution >= 4 is 24.0 Å². The van der Waals surface area contributed by atoms with E-state index in [0.717, 1.165) is 27.2 Å². The summed E-state index contributed by atoms with van der Waals surface area (Å²) in [7, 11) is 0. The van der Waals surface area contributed by atoms with E-state index in [1.807, 2.05) is 31.2 Å². The molecule has 1 aliphatic heterocycles. The van der Waals surface area contributed by atoms with Crippen LogP contribution < -0.4 is 5.32 Å². The van der Waals surface area contributed by atoms with Gasteiger partial charge in [0.15, 0.2) is 0 Å². The zero-order chi connectivity index (χ0) is 22.1. The number of nitrogens with zero attached hydrogens (tertiary/aromatic N) is 1. The molecule has 4 rings (SSSR count). The number of carbonyl (C=O) groups is 3. The predicted molar refractivity (Wildman–Crippen MR) is 114 cm³/mol. The van der Waals surface area contributed by atoms with E-state index in [9.17, 15) is 14.4 Å². The summed E-state index contributed by atoms with van der Waals surface area (Å²) in [5.74, 6) is -0.483. The van der Waals surface area contributed by atoms with Crippen molar-refractivity contribution in [3.63, 3.8) is 0 Å². The quantitative estimate of drug-likeness (QED) is 0.476. The molecule has 3 aromatic rings. The van der Waals surface area contributed by atoms with Crippen molar-refractivity contribution in [2.75, 3.05) is 0 Å². The summed E-state index contributed by atoms with van der Waals surface area (Å²) in [5.41, 5.74) is 3.79. The molecule has 0 atom stereocenters. The van der Waals surface area contributed by atoms with Gasteiger partial charge < -0.3 is 14.8 Å². The highest BCUT2D eigenvalue weighted by molar-refractivity contribution is 6.13. The van der Waals surface area contributed by atoms with Crippen LogP contribution in [0.5, 0.6) is 0 Å². The minimum atomic E-state index is -0.995. The van der Waals surface area contributed by atoms with Gasteiger partial charge in [-0.05, 0) is 49.2 Å². The topological polar surface area (TPSA) is 99.8 Å². The maximum atomic E-state index is 12.7. The molecule has 156 valence electrons. The maximum absolute atomic E-state index is 12.7. The number of hydrogen-bond donors (Lipinski definition) is 2. The van der Waals surface area contributed by atoms with Crippen LogP contribution in [0.15, 0.2) is 64.7 Å². The Morgan fingerprint density at radius 2 is 1.81 bits per heavy atom. The Balaban J connectivity index is 1.54. The number of carbonyl (C=O) groups excluding carboxylic acids is 2. The largest absolute Gasteiger partial charge is 0.478 e. The Morgan fingerprint density at radius 3 is 2.48 bits per heavy atom. The fourth-order valence-electron chi connectivity index (χ4n) is 3.38. The number of aryl methyl sites for hydroxylation is 2. The van der Waals surface area contributed by atoms with Crippen LogP contribution in [0.2, 0.25) is 0 Å². The molecule has 0 bridgehead atoms. The predicted octanol–water partition coefficient (Wildman–Crippen LogP) is 4.35. The van der Waals surface area contributed by atoms with Crippen molar-refractivity contribution in [2.24, 2.45) is 0 Å². The number of benzene rings is 2. The number of aromatic carboxylic acids is 1. The molecule has 31 heavy (non-hydrogen) atoms. The lowest BCUT2D eigenvalue weighted by Crippen LogP contribution is -2.30. The van der Waals surface area contributed by atoms with Gasteiger partial charge >= 0.3 is 12.0 Å². The monoisotopic (exact) mass is 416 g/mol. The molecular weight excluding hydrogens is 396 g/mol. The van der Waals surface area contributed by atoms with Crippen LogP contribution in [-0.2, 0) is 11.3 Å². The molecule has 2 N–H and O–H groups in total. The zero-order valence-corrected chi connectivity index (χ0v) is 17.0. The molecule has 0 saturated carbocycles. The summed E-state index contributed by atoms with van der Waals surface area (Å²) in [5, 5.41) is 11.7. The van der Waals surface area contributed by atoms with Gasteiger partial charge in [0.25, 0.3) is 5.91 Å². The highest BCUT2D eigenvalue weighted by Gasteiger charge is 2.33. The first-order valence-electron chi connectivity index (χ1n) is 9.66. The van der Waals surface area contributed by atoms with Crippen LogP contribution in [0.3, 0.4) is 0 Å². The summed E-state index contributed by atoms with van der Waals surface area (Å²) >= 11 is 0. The van der Waals surface area contributed by atoms with Gasteiger partial charge in [-0.25, -0.2) is 9.59 Å². The first-order valence-corrected chi connectivity index (χ1v) is 9.66. The first-order chi connectivity index (χ1) is 14.8. The molecule has 1 aliphatic rings. The Morgan fingerprint density at radius 1 is 1.06 bits per heavy atom. The third-order valence-corrected chi connectivity index (χ3v) is 5.08. The minimum absolute atomic E-state index is 0.135. The van der Waals surface area contributed by atoms with Crippen LogP contribution in [-0.4, -0.2) is 27.9 Å². The molecular formula is C24H20N2O5. The molecule has 0 spiro atoms. The number of carboxylic acids is 1. The van der Waals surface area contributed by atoms with Crippen molar-refractivity contribution in [1.29, 1.82) is 0 Å². The zero-order valence-electron chi connectivity index (χ0n) is 17.0. The van der Waals surface area contributed by atoms with Gasteiger partial charge in [-0.3, -0.25) is 9.69 Å². The minimum Gasteiger partial charge on any atom is -0.478 e. The fraction of sp³-hybridized carbons (Fsp3) is 0.125. The first kappa shape index (κ1) is 20.2. The van der Waals surface area contributed by atoms with Gasteiger partial charge in [0.05, 0.1) is 12.1 Å². The van der Waals surface area contributed by atoms with Gasteiger partial charge in [-0.2, -0.15) is 0 Å². The molecule has 7 nitrogen and oxygen atoms in total. The second-order valence-electron chi connectivity index (χ2n) is 7.40. The lowest BCUT2D eigenvalue weighted by molar-refractivity contribution is -0.123. The van der Waals surface area contributed by atoms with Crippen molar-refractivity contribution in [3.8, 4) is 11.3 Å². The van der Waals surface area contributed by atoms with Crippen LogP contribution >= 0.6 is 0 Å². The molecule has 1 aromatic heterocycles.